The molecule has 1 aromatic carbocycles. The molecule has 1 saturated heterocycles. The molecule has 2 atom stereocenters. The van der Waals surface area contributed by atoms with Crippen molar-refractivity contribution < 1.29 is 14.3 Å². The van der Waals surface area contributed by atoms with Crippen LogP contribution in [0.25, 0.3) is 0 Å². The van der Waals surface area contributed by atoms with Crippen LogP contribution in [-0.4, -0.2) is 49.8 Å². The second kappa shape index (κ2) is 11.0. The molecule has 1 saturated carbocycles. The highest BCUT2D eigenvalue weighted by Gasteiger charge is 2.41. The molecule has 29 heavy (non-hydrogen) atoms. The number of amides is 1. The highest BCUT2D eigenvalue weighted by Crippen LogP contribution is 2.35. The number of anilines is 1. The maximum absolute atomic E-state index is 12.9. The quantitative estimate of drug-likeness (QED) is 0.631. The Morgan fingerprint density at radius 2 is 1.86 bits per heavy atom. The SMILES string of the molecule is CO[C@@]1(C(=O)Nc2ccc(OCCCN3CCCCCC3)cc2)CCC[C@H](C)C1. The van der Waals surface area contributed by atoms with Gasteiger partial charge >= 0.3 is 0 Å². The zero-order valence-corrected chi connectivity index (χ0v) is 18.3. The molecular weight excluding hydrogens is 364 g/mol. The third-order valence-corrected chi connectivity index (χ3v) is 6.46. The number of rotatable bonds is 8. The number of hydrogen-bond donors (Lipinski definition) is 1. The van der Waals surface area contributed by atoms with Crippen molar-refractivity contribution in [3.8, 4) is 5.75 Å². The summed E-state index contributed by atoms with van der Waals surface area (Å²) in [6, 6.07) is 7.70. The van der Waals surface area contributed by atoms with E-state index in [9.17, 15) is 4.79 Å². The smallest absolute Gasteiger partial charge is 0.256 e. The molecule has 5 nitrogen and oxygen atoms in total. The largest absolute Gasteiger partial charge is 0.494 e. The Labute approximate surface area is 176 Å². The van der Waals surface area contributed by atoms with Crippen molar-refractivity contribution in [2.24, 2.45) is 5.92 Å². The Kier molecular flexibility index (Phi) is 8.37. The van der Waals surface area contributed by atoms with Crippen LogP contribution in [0.3, 0.4) is 0 Å². The molecule has 1 N–H and O–H groups in total. The summed E-state index contributed by atoms with van der Waals surface area (Å²) in [6.07, 6.45) is 10.2. The lowest BCUT2D eigenvalue weighted by Gasteiger charge is -2.37. The van der Waals surface area contributed by atoms with Crippen molar-refractivity contribution in [3.05, 3.63) is 24.3 Å². The molecule has 1 aliphatic carbocycles. The molecule has 0 bridgehead atoms. The number of benzene rings is 1. The maximum atomic E-state index is 12.9. The number of ether oxygens (including phenoxy) is 2. The van der Waals surface area contributed by atoms with Gasteiger partial charge < -0.3 is 19.7 Å². The number of carbonyl (C=O) groups is 1. The minimum absolute atomic E-state index is 0.0299. The predicted octanol–water partition coefficient (Wildman–Crippen LogP) is 4.87. The van der Waals surface area contributed by atoms with Gasteiger partial charge in [0.1, 0.15) is 11.4 Å². The standard InChI is InChI=1S/C24H38N2O3/c1-20-9-7-14-24(19-20,28-2)23(27)25-21-10-12-22(13-11-21)29-18-8-17-26-15-5-3-4-6-16-26/h10-13,20H,3-9,14-19H2,1-2H3,(H,25,27)/t20-,24-/m0/s1. The van der Waals surface area contributed by atoms with E-state index >= 15 is 0 Å². The summed E-state index contributed by atoms with van der Waals surface area (Å²) in [5.41, 5.74) is 0.0988. The zero-order valence-electron chi connectivity index (χ0n) is 18.3. The molecule has 1 aliphatic heterocycles. The third-order valence-electron chi connectivity index (χ3n) is 6.46. The highest BCUT2D eigenvalue weighted by atomic mass is 16.5. The number of methoxy groups -OCH3 is 1. The molecule has 2 aliphatic rings. The van der Waals surface area contributed by atoms with Crippen molar-refractivity contribution in [1.82, 2.24) is 4.90 Å². The monoisotopic (exact) mass is 402 g/mol. The van der Waals surface area contributed by atoms with E-state index in [0.29, 0.717) is 5.92 Å². The van der Waals surface area contributed by atoms with E-state index in [4.69, 9.17) is 9.47 Å². The van der Waals surface area contributed by atoms with Crippen molar-refractivity contribution in [3.63, 3.8) is 0 Å². The van der Waals surface area contributed by atoms with E-state index in [2.05, 4.69) is 17.1 Å². The molecule has 1 heterocycles. The van der Waals surface area contributed by atoms with Crippen LogP contribution in [0.4, 0.5) is 5.69 Å². The van der Waals surface area contributed by atoms with Crippen molar-refractivity contribution in [2.45, 2.75) is 70.3 Å². The van der Waals surface area contributed by atoms with Gasteiger partial charge in [-0.2, -0.15) is 0 Å². The Morgan fingerprint density at radius 3 is 2.52 bits per heavy atom. The van der Waals surface area contributed by atoms with Gasteiger partial charge in [-0.1, -0.05) is 26.2 Å². The first-order valence-corrected chi connectivity index (χ1v) is 11.4. The van der Waals surface area contributed by atoms with Crippen molar-refractivity contribution >= 4 is 11.6 Å². The van der Waals surface area contributed by atoms with Gasteiger partial charge in [-0.15, -0.1) is 0 Å². The first-order valence-electron chi connectivity index (χ1n) is 11.4. The lowest BCUT2D eigenvalue weighted by atomic mass is 9.78. The van der Waals surface area contributed by atoms with Crippen LogP contribution >= 0.6 is 0 Å². The number of hydrogen-bond acceptors (Lipinski definition) is 4. The van der Waals surface area contributed by atoms with Crippen LogP contribution in [0.15, 0.2) is 24.3 Å². The first kappa shape index (κ1) is 22.1. The second-order valence-electron chi connectivity index (χ2n) is 8.84. The van der Waals surface area contributed by atoms with Crippen molar-refractivity contribution in [2.75, 3.05) is 38.7 Å². The van der Waals surface area contributed by atoms with Crippen LogP contribution in [0.5, 0.6) is 5.75 Å². The van der Waals surface area contributed by atoms with Gasteiger partial charge in [0, 0.05) is 19.3 Å². The van der Waals surface area contributed by atoms with E-state index in [0.717, 1.165) is 50.3 Å². The fraction of sp³-hybridized carbons (Fsp3) is 0.708. The first-order chi connectivity index (χ1) is 14.1. The van der Waals surface area contributed by atoms with Gasteiger partial charge in [-0.3, -0.25) is 4.79 Å². The van der Waals surface area contributed by atoms with E-state index in [-0.39, 0.29) is 5.91 Å². The fourth-order valence-electron chi connectivity index (χ4n) is 4.70. The van der Waals surface area contributed by atoms with Crippen molar-refractivity contribution in [1.29, 1.82) is 0 Å². The average molecular weight is 403 g/mol. The van der Waals surface area contributed by atoms with Crippen LogP contribution in [-0.2, 0) is 9.53 Å². The van der Waals surface area contributed by atoms with Gasteiger partial charge in [0.25, 0.3) is 5.91 Å². The summed E-state index contributed by atoms with van der Waals surface area (Å²) in [5.74, 6) is 1.34. The second-order valence-corrected chi connectivity index (χ2v) is 8.84. The number of likely N-dealkylation sites (tertiary alicyclic amines) is 1. The molecule has 0 spiro atoms. The molecule has 0 aromatic heterocycles. The Balaban J connectivity index is 1.43. The number of nitrogens with zero attached hydrogens (tertiary/aromatic N) is 1. The molecule has 0 radical (unpaired) electrons. The molecule has 2 fully saturated rings. The van der Waals surface area contributed by atoms with Crippen LogP contribution in [0, 0.1) is 5.92 Å². The maximum Gasteiger partial charge on any atom is 0.256 e. The van der Waals surface area contributed by atoms with Gasteiger partial charge in [0.15, 0.2) is 0 Å². The Bertz CT molecular complexity index is 626. The van der Waals surface area contributed by atoms with Gasteiger partial charge in [0.05, 0.1) is 6.61 Å². The molecule has 1 amide bonds. The molecule has 3 rings (SSSR count). The third kappa shape index (κ3) is 6.45. The summed E-state index contributed by atoms with van der Waals surface area (Å²) in [6.45, 7) is 6.50. The minimum Gasteiger partial charge on any atom is -0.494 e. The highest BCUT2D eigenvalue weighted by molar-refractivity contribution is 5.97. The molecule has 5 heteroatoms. The Morgan fingerprint density at radius 1 is 1.14 bits per heavy atom. The summed E-state index contributed by atoms with van der Waals surface area (Å²) in [7, 11) is 1.65. The van der Waals surface area contributed by atoms with E-state index in [1.165, 1.54) is 45.2 Å². The lowest BCUT2D eigenvalue weighted by Crippen LogP contribution is -2.47. The number of carbonyl (C=O) groups excluding carboxylic acids is 1. The van der Waals surface area contributed by atoms with Crippen LogP contribution in [0.1, 0.15) is 64.7 Å². The zero-order chi connectivity index (χ0) is 20.5. The fourth-order valence-corrected chi connectivity index (χ4v) is 4.70. The summed E-state index contributed by atoms with van der Waals surface area (Å²) >= 11 is 0. The van der Waals surface area contributed by atoms with Crippen LogP contribution in [0.2, 0.25) is 0 Å². The summed E-state index contributed by atoms with van der Waals surface area (Å²) < 4.78 is 11.6. The van der Waals surface area contributed by atoms with Gasteiger partial charge in [-0.25, -0.2) is 0 Å². The molecule has 0 unspecified atom stereocenters. The van der Waals surface area contributed by atoms with E-state index in [1.807, 2.05) is 24.3 Å². The van der Waals surface area contributed by atoms with Crippen LogP contribution < -0.4 is 10.1 Å². The molecular formula is C24H38N2O3. The lowest BCUT2D eigenvalue weighted by molar-refractivity contribution is -0.143. The topological polar surface area (TPSA) is 50.8 Å². The normalized spacial score (nSPS) is 25.9. The summed E-state index contributed by atoms with van der Waals surface area (Å²) in [5, 5.41) is 3.04. The number of nitrogens with one attached hydrogen (secondary N) is 1. The van der Waals surface area contributed by atoms with E-state index in [1.54, 1.807) is 7.11 Å². The average Bonchev–Trinajstić information content (AvgIpc) is 3.01. The van der Waals surface area contributed by atoms with Gasteiger partial charge in [-0.05, 0) is 81.8 Å². The van der Waals surface area contributed by atoms with E-state index < -0.39 is 5.60 Å². The molecule has 162 valence electrons. The van der Waals surface area contributed by atoms with Gasteiger partial charge in [0.2, 0.25) is 0 Å². The Hall–Kier alpha value is -1.59. The molecule has 1 aromatic rings. The minimum atomic E-state index is -0.694. The summed E-state index contributed by atoms with van der Waals surface area (Å²) in [4.78, 5) is 15.4. The predicted molar refractivity (Wildman–Crippen MR) is 117 cm³/mol.